The zero-order valence-corrected chi connectivity index (χ0v) is 17.0. The molecule has 2 aliphatic carbocycles. The molecule has 1 aromatic heterocycles. The first-order chi connectivity index (χ1) is 12.9. The number of anilines is 1. The van der Waals surface area contributed by atoms with E-state index in [1.807, 2.05) is 0 Å². The van der Waals surface area contributed by atoms with Gasteiger partial charge in [0.25, 0.3) is 5.89 Å². The predicted molar refractivity (Wildman–Crippen MR) is 106 cm³/mol. The molecule has 0 saturated heterocycles. The summed E-state index contributed by atoms with van der Waals surface area (Å²) in [5.74, 6) is 2.22. The average molecular weight is 409 g/mol. The van der Waals surface area contributed by atoms with E-state index in [1.54, 1.807) is 26.4 Å². The number of hydrogen-bond donors (Lipinski definition) is 2. The Bertz CT molecular complexity index is 881. The van der Waals surface area contributed by atoms with Crippen molar-refractivity contribution in [1.29, 1.82) is 0 Å². The van der Waals surface area contributed by atoms with Gasteiger partial charge in [-0.1, -0.05) is 12.1 Å². The lowest BCUT2D eigenvalue weighted by atomic mass is 9.77. The molecule has 4 rings (SSSR count). The molecule has 2 aliphatic rings. The van der Waals surface area contributed by atoms with Crippen LogP contribution in [-0.4, -0.2) is 30.3 Å². The molecule has 2 aromatic rings. The SMILES string of the molecule is COc1cc(NC(=O)C2CC2C)c(-c2nc(C3(N)CCC3)no2)cc1OC.Cl. The van der Waals surface area contributed by atoms with Gasteiger partial charge in [0.05, 0.1) is 31.0 Å². The van der Waals surface area contributed by atoms with E-state index in [-0.39, 0.29) is 24.2 Å². The molecular weight excluding hydrogens is 384 g/mol. The summed E-state index contributed by atoms with van der Waals surface area (Å²) in [5.41, 5.74) is 6.90. The summed E-state index contributed by atoms with van der Waals surface area (Å²) < 4.78 is 16.2. The maximum Gasteiger partial charge on any atom is 0.260 e. The largest absolute Gasteiger partial charge is 0.493 e. The molecule has 3 N–H and O–H groups in total. The Balaban J connectivity index is 0.00000225. The smallest absolute Gasteiger partial charge is 0.260 e. The summed E-state index contributed by atoms with van der Waals surface area (Å²) >= 11 is 0. The lowest BCUT2D eigenvalue weighted by Gasteiger charge is -2.34. The van der Waals surface area contributed by atoms with Crippen LogP contribution in [0.15, 0.2) is 16.7 Å². The maximum atomic E-state index is 12.5. The van der Waals surface area contributed by atoms with Crippen LogP contribution >= 0.6 is 12.4 Å². The van der Waals surface area contributed by atoms with E-state index in [0.29, 0.717) is 40.4 Å². The minimum absolute atomic E-state index is 0. The molecule has 28 heavy (non-hydrogen) atoms. The van der Waals surface area contributed by atoms with Crippen molar-refractivity contribution >= 4 is 24.0 Å². The van der Waals surface area contributed by atoms with E-state index in [1.165, 1.54) is 0 Å². The minimum atomic E-state index is -0.523. The molecule has 9 heteroatoms. The summed E-state index contributed by atoms with van der Waals surface area (Å²) in [7, 11) is 3.10. The van der Waals surface area contributed by atoms with Crippen LogP contribution in [0.2, 0.25) is 0 Å². The molecule has 1 amide bonds. The van der Waals surface area contributed by atoms with Gasteiger partial charge in [-0.3, -0.25) is 4.79 Å². The molecule has 0 spiro atoms. The van der Waals surface area contributed by atoms with E-state index in [0.717, 1.165) is 25.7 Å². The predicted octanol–water partition coefficient (Wildman–Crippen LogP) is 3.11. The molecule has 8 nitrogen and oxygen atoms in total. The third kappa shape index (κ3) is 3.54. The van der Waals surface area contributed by atoms with Crippen LogP contribution in [0.3, 0.4) is 0 Å². The zero-order valence-electron chi connectivity index (χ0n) is 16.2. The van der Waals surface area contributed by atoms with Crippen molar-refractivity contribution in [3.63, 3.8) is 0 Å². The van der Waals surface area contributed by atoms with Crippen molar-refractivity contribution in [1.82, 2.24) is 10.1 Å². The Morgan fingerprint density at radius 3 is 2.46 bits per heavy atom. The van der Waals surface area contributed by atoms with Crippen molar-refractivity contribution in [2.75, 3.05) is 19.5 Å². The molecule has 0 aliphatic heterocycles. The lowest BCUT2D eigenvalue weighted by Crippen LogP contribution is -2.44. The van der Waals surface area contributed by atoms with Gasteiger partial charge in [0.1, 0.15) is 0 Å². The number of nitrogens with one attached hydrogen (secondary N) is 1. The molecule has 0 radical (unpaired) electrons. The molecule has 1 aromatic carbocycles. The molecule has 2 atom stereocenters. The van der Waals surface area contributed by atoms with Crippen LogP contribution in [0.5, 0.6) is 11.5 Å². The Morgan fingerprint density at radius 1 is 1.29 bits per heavy atom. The second-order valence-corrected chi connectivity index (χ2v) is 7.49. The van der Waals surface area contributed by atoms with Crippen LogP contribution in [0.1, 0.15) is 38.4 Å². The second kappa shape index (κ2) is 7.60. The lowest BCUT2D eigenvalue weighted by molar-refractivity contribution is -0.117. The normalized spacial score (nSPS) is 21.9. The number of carbonyl (C=O) groups excluding carboxylic acids is 1. The highest BCUT2D eigenvalue weighted by molar-refractivity contribution is 5.98. The quantitative estimate of drug-likeness (QED) is 0.754. The number of nitrogens with two attached hydrogens (primary N) is 1. The number of ether oxygens (including phenoxy) is 2. The third-order valence-electron chi connectivity index (χ3n) is 5.58. The second-order valence-electron chi connectivity index (χ2n) is 7.49. The number of amides is 1. The number of nitrogens with zero attached hydrogens (tertiary/aromatic N) is 2. The highest BCUT2D eigenvalue weighted by Crippen LogP contribution is 2.43. The monoisotopic (exact) mass is 408 g/mol. The number of aromatic nitrogens is 2. The topological polar surface area (TPSA) is 112 Å². The van der Waals surface area contributed by atoms with Gasteiger partial charge >= 0.3 is 0 Å². The van der Waals surface area contributed by atoms with Crippen LogP contribution in [0.4, 0.5) is 5.69 Å². The molecule has 2 saturated carbocycles. The van der Waals surface area contributed by atoms with Crippen LogP contribution < -0.4 is 20.5 Å². The Kier molecular flexibility index (Phi) is 5.54. The summed E-state index contributed by atoms with van der Waals surface area (Å²) in [6, 6.07) is 3.44. The average Bonchev–Trinajstić information content (AvgIpc) is 3.17. The van der Waals surface area contributed by atoms with Gasteiger partial charge in [-0.15, -0.1) is 12.4 Å². The fraction of sp³-hybridized carbons (Fsp3) is 0.526. The fourth-order valence-corrected chi connectivity index (χ4v) is 3.39. The van der Waals surface area contributed by atoms with Crippen molar-refractivity contribution in [3.05, 3.63) is 18.0 Å². The molecule has 2 unspecified atom stereocenters. The first-order valence-corrected chi connectivity index (χ1v) is 9.15. The van der Waals surface area contributed by atoms with Gasteiger partial charge in [-0.2, -0.15) is 4.98 Å². The standard InChI is InChI=1S/C19H24N4O4.ClH/c1-10-7-11(10)16(24)21-13-9-15(26-3)14(25-2)8-12(13)17-22-18(23-27-17)19(20)5-4-6-19;/h8-11H,4-7,20H2,1-3H3,(H,21,24);1H. The maximum absolute atomic E-state index is 12.5. The van der Waals surface area contributed by atoms with Crippen LogP contribution in [0.25, 0.3) is 11.5 Å². The fourth-order valence-electron chi connectivity index (χ4n) is 3.39. The van der Waals surface area contributed by atoms with Crippen LogP contribution in [0, 0.1) is 11.8 Å². The first-order valence-electron chi connectivity index (χ1n) is 9.15. The van der Waals surface area contributed by atoms with Gasteiger partial charge in [0.15, 0.2) is 17.3 Å². The van der Waals surface area contributed by atoms with Crippen molar-refractivity contribution < 1.29 is 18.8 Å². The van der Waals surface area contributed by atoms with Gasteiger partial charge < -0.3 is 25.0 Å². The molecule has 0 bridgehead atoms. The van der Waals surface area contributed by atoms with Crippen molar-refractivity contribution in [2.24, 2.45) is 17.6 Å². The number of methoxy groups -OCH3 is 2. The third-order valence-corrected chi connectivity index (χ3v) is 5.58. The Hall–Kier alpha value is -2.32. The summed E-state index contributed by atoms with van der Waals surface area (Å²) in [6.45, 7) is 2.06. The van der Waals surface area contributed by atoms with Crippen molar-refractivity contribution in [3.8, 4) is 23.0 Å². The molecule has 1 heterocycles. The number of benzene rings is 1. The molecular formula is C19H25ClN4O4. The summed E-state index contributed by atoms with van der Waals surface area (Å²) in [4.78, 5) is 17.0. The number of halogens is 1. The van der Waals surface area contributed by atoms with Crippen LogP contribution in [-0.2, 0) is 10.3 Å². The number of rotatable bonds is 6. The van der Waals surface area contributed by atoms with Gasteiger partial charge in [0, 0.05) is 12.0 Å². The summed E-state index contributed by atoms with van der Waals surface area (Å²) in [6.07, 6.45) is 3.62. The zero-order chi connectivity index (χ0) is 19.2. The number of carbonyl (C=O) groups is 1. The highest BCUT2D eigenvalue weighted by atomic mass is 35.5. The van der Waals surface area contributed by atoms with Gasteiger partial charge in [-0.05, 0) is 37.7 Å². The molecule has 2 fully saturated rings. The van der Waals surface area contributed by atoms with Gasteiger partial charge in [0.2, 0.25) is 5.91 Å². The minimum Gasteiger partial charge on any atom is -0.493 e. The van der Waals surface area contributed by atoms with E-state index in [2.05, 4.69) is 22.4 Å². The Labute approximate surface area is 169 Å². The van der Waals surface area contributed by atoms with E-state index in [9.17, 15) is 4.79 Å². The number of hydrogen-bond acceptors (Lipinski definition) is 7. The van der Waals surface area contributed by atoms with Gasteiger partial charge in [-0.25, -0.2) is 0 Å². The van der Waals surface area contributed by atoms with E-state index in [4.69, 9.17) is 19.7 Å². The van der Waals surface area contributed by atoms with E-state index < -0.39 is 5.54 Å². The summed E-state index contributed by atoms with van der Waals surface area (Å²) in [5, 5.41) is 7.04. The van der Waals surface area contributed by atoms with Crippen molar-refractivity contribution in [2.45, 2.75) is 38.1 Å². The Morgan fingerprint density at radius 2 is 1.93 bits per heavy atom. The highest BCUT2D eigenvalue weighted by Gasteiger charge is 2.40. The van der Waals surface area contributed by atoms with E-state index >= 15 is 0 Å². The molecule has 152 valence electrons. The first kappa shape index (κ1) is 20.4.